The Morgan fingerprint density at radius 1 is 1.41 bits per heavy atom. The largest absolute Gasteiger partial charge is 0.307 e. The summed E-state index contributed by atoms with van der Waals surface area (Å²) < 4.78 is 25.3. The molecule has 17 heavy (non-hydrogen) atoms. The van der Waals surface area contributed by atoms with Crippen molar-refractivity contribution in [3.63, 3.8) is 0 Å². The minimum Gasteiger partial charge on any atom is -0.272 e. The topological polar surface area (TPSA) is 57.7 Å². The Morgan fingerprint density at radius 3 is 2.29 bits per heavy atom. The van der Waals surface area contributed by atoms with Crippen LogP contribution >= 0.6 is 23.2 Å². The minimum absolute atomic E-state index is 0.355. The summed E-state index contributed by atoms with van der Waals surface area (Å²) in [5.74, 6) is -0.483. The first-order chi connectivity index (χ1) is 7.61. The van der Waals surface area contributed by atoms with Crippen LogP contribution in [0.15, 0.2) is 0 Å². The summed E-state index contributed by atoms with van der Waals surface area (Å²) in [6.07, 6.45) is 0.930. The van der Waals surface area contributed by atoms with E-state index in [1.165, 1.54) is 7.05 Å². The molecule has 1 amide bonds. The number of likely N-dealkylation sites (N-methyl/N-ethyl adjacent to an activating group) is 1. The number of amides is 1. The van der Waals surface area contributed by atoms with E-state index < -0.39 is 27.0 Å². The summed E-state index contributed by atoms with van der Waals surface area (Å²) >= 11 is 11.5. The lowest BCUT2D eigenvalue weighted by molar-refractivity contribution is -0.127. The van der Waals surface area contributed by atoms with Gasteiger partial charge in [0, 0.05) is 11.9 Å². The van der Waals surface area contributed by atoms with Gasteiger partial charge in [-0.05, 0) is 26.7 Å². The Bertz CT molecular complexity index is 405. The normalized spacial score (nSPS) is 25.6. The van der Waals surface area contributed by atoms with Gasteiger partial charge in [-0.1, -0.05) is 0 Å². The van der Waals surface area contributed by atoms with Crippen LogP contribution in [0.5, 0.6) is 0 Å². The third-order valence-corrected chi connectivity index (χ3v) is 5.15. The first-order valence-electron chi connectivity index (χ1n) is 5.15. The molecular formula is C9H16Cl2N2O3S. The molecule has 0 aliphatic carbocycles. The monoisotopic (exact) mass is 302 g/mol. The van der Waals surface area contributed by atoms with Gasteiger partial charge in [-0.2, -0.15) is 12.7 Å². The van der Waals surface area contributed by atoms with Gasteiger partial charge < -0.3 is 0 Å². The zero-order valence-corrected chi connectivity index (χ0v) is 12.3. The first kappa shape index (κ1) is 15.0. The Labute approximate surface area is 112 Å². The van der Waals surface area contributed by atoms with Gasteiger partial charge in [0.15, 0.2) is 0 Å². The van der Waals surface area contributed by atoms with Crippen molar-refractivity contribution in [2.24, 2.45) is 0 Å². The van der Waals surface area contributed by atoms with E-state index in [-0.39, 0.29) is 6.00 Å². The molecule has 1 unspecified atom stereocenters. The van der Waals surface area contributed by atoms with E-state index in [2.05, 4.69) is 0 Å². The van der Waals surface area contributed by atoms with Gasteiger partial charge in [0.2, 0.25) is 0 Å². The van der Waals surface area contributed by atoms with Gasteiger partial charge in [0.1, 0.15) is 12.0 Å². The van der Waals surface area contributed by atoms with Gasteiger partial charge in [0.25, 0.3) is 5.91 Å². The third kappa shape index (κ3) is 3.05. The number of hydrogen-bond acceptors (Lipinski definition) is 3. The Kier molecular flexibility index (Phi) is 4.34. The fourth-order valence-corrected chi connectivity index (χ4v) is 3.55. The molecule has 1 fully saturated rings. The fraction of sp³-hybridized carbons (Fsp3) is 0.889. The molecule has 1 heterocycles. The fourth-order valence-electron chi connectivity index (χ4n) is 1.66. The molecule has 100 valence electrons. The molecule has 0 bridgehead atoms. The van der Waals surface area contributed by atoms with E-state index in [0.717, 1.165) is 4.31 Å². The molecule has 0 aromatic rings. The summed E-state index contributed by atoms with van der Waals surface area (Å²) in [5, 5.41) is 0. The maximum atomic E-state index is 11.9. The molecule has 0 saturated carbocycles. The standard InChI is InChI=1S/C9H16Cl2N2O3S/c1-9(2,11)5-4-7-8(14)13(6-10)17(15,16)12(7)3/h7H,4-6H2,1-3H3. The number of nitrogens with zero attached hydrogens (tertiary/aromatic N) is 2. The van der Waals surface area contributed by atoms with Crippen molar-refractivity contribution in [3.8, 4) is 0 Å². The summed E-state index contributed by atoms with van der Waals surface area (Å²) in [7, 11) is -2.36. The van der Waals surface area contributed by atoms with Crippen LogP contribution in [-0.4, -0.2) is 46.9 Å². The molecule has 0 N–H and O–H groups in total. The van der Waals surface area contributed by atoms with Crippen LogP contribution in [0.4, 0.5) is 0 Å². The maximum Gasteiger partial charge on any atom is 0.307 e. The highest BCUT2D eigenvalue weighted by Crippen LogP contribution is 2.29. The zero-order valence-electron chi connectivity index (χ0n) is 9.98. The highest BCUT2D eigenvalue weighted by molar-refractivity contribution is 7.87. The predicted molar refractivity (Wildman–Crippen MR) is 67.2 cm³/mol. The van der Waals surface area contributed by atoms with Crippen LogP contribution in [-0.2, 0) is 15.0 Å². The van der Waals surface area contributed by atoms with Crippen molar-refractivity contribution in [1.29, 1.82) is 0 Å². The molecule has 5 nitrogen and oxygen atoms in total. The predicted octanol–water partition coefficient (Wildman–Crippen LogP) is 1.37. The number of halogens is 2. The lowest BCUT2D eigenvalue weighted by atomic mass is 10.0. The van der Waals surface area contributed by atoms with Gasteiger partial charge in [-0.15, -0.1) is 23.2 Å². The highest BCUT2D eigenvalue weighted by Gasteiger charge is 2.47. The molecule has 0 radical (unpaired) electrons. The second kappa shape index (κ2) is 4.91. The van der Waals surface area contributed by atoms with Gasteiger partial charge >= 0.3 is 10.2 Å². The first-order valence-corrected chi connectivity index (χ1v) is 7.46. The SMILES string of the molecule is CN1C(CCC(C)(C)Cl)C(=O)N(CCl)S1(=O)=O. The smallest absolute Gasteiger partial charge is 0.272 e. The number of rotatable bonds is 4. The number of hydrogen-bond donors (Lipinski definition) is 0. The summed E-state index contributed by atoms with van der Waals surface area (Å²) in [5.41, 5.74) is 0. The van der Waals surface area contributed by atoms with Gasteiger partial charge in [0.05, 0.1) is 0 Å². The maximum absolute atomic E-state index is 11.9. The van der Waals surface area contributed by atoms with E-state index in [1.807, 2.05) is 13.8 Å². The number of alkyl halides is 2. The van der Waals surface area contributed by atoms with Crippen LogP contribution < -0.4 is 0 Å². The molecule has 1 aliphatic heterocycles. The molecule has 0 aromatic heterocycles. The molecule has 1 aliphatic rings. The van der Waals surface area contributed by atoms with Crippen molar-refractivity contribution in [3.05, 3.63) is 0 Å². The zero-order chi connectivity index (χ0) is 13.4. The quantitative estimate of drug-likeness (QED) is 0.582. The third-order valence-electron chi connectivity index (χ3n) is 2.73. The molecule has 8 heteroatoms. The molecule has 1 atom stereocenters. The van der Waals surface area contributed by atoms with Crippen LogP contribution in [0.25, 0.3) is 0 Å². The minimum atomic E-state index is -3.74. The van der Waals surface area contributed by atoms with E-state index in [9.17, 15) is 13.2 Å². The summed E-state index contributed by atoms with van der Waals surface area (Å²) in [6, 6.07) is -1.05. The van der Waals surface area contributed by atoms with Gasteiger partial charge in [-0.25, -0.2) is 4.31 Å². The van der Waals surface area contributed by atoms with Crippen molar-refractivity contribution in [2.45, 2.75) is 37.6 Å². The molecule has 0 aromatic carbocycles. The summed E-state index contributed by atoms with van der Waals surface area (Å²) in [4.78, 5) is 11.4. The lowest BCUT2D eigenvalue weighted by Crippen LogP contribution is -2.33. The average Bonchev–Trinajstić information content (AvgIpc) is 2.31. The van der Waals surface area contributed by atoms with Gasteiger partial charge in [-0.3, -0.25) is 4.79 Å². The van der Waals surface area contributed by atoms with Crippen molar-refractivity contribution in [1.82, 2.24) is 8.61 Å². The van der Waals surface area contributed by atoms with Crippen LogP contribution in [0.1, 0.15) is 26.7 Å². The average molecular weight is 303 g/mol. The molecule has 1 rings (SSSR count). The summed E-state index contributed by atoms with van der Waals surface area (Å²) in [6.45, 7) is 3.64. The Balaban J connectivity index is 2.86. The number of carbonyl (C=O) groups is 1. The highest BCUT2D eigenvalue weighted by atomic mass is 35.5. The van der Waals surface area contributed by atoms with Crippen LogP contribution in [0.2, 0.25) is 0 Å². The Hall–Kier alpha value is -0.0400. The molecular weight excluding hydrogens is 287 g/mol. The number of carbonyl (C=O) groups excluding carboxylic acids is 1. The van der Waals surface area contributed by atoms with Crippen LogP contribution in [0.3, 0.4) is 0 Å². The molecule has 1 saturated heterocycles. The van der Waals surface area contributed by atoms with Crippen molar-refractivity contribution >= 4 is 39.3 Å². The lowest BCUT2D eigenvalue weighted by Gasteiger charge is -2.19. The second-order valence-corrected chi connectivity index (χ2v) is 7.78. The van der Waals surface area contributed by atoms with E-state index in [0.29, 0.717) is 17.1 Å². The van der Waals surface area contributed by atoms with Crippen LogP contribution in [0, 0.1) is 0 Å². The van der Waals surface area contributed by atoms with E-state index in [4.69, 9.17) is 23.2 Å². The molecule has 0 spiro atoms. The van der Waals surface area contributed by atoms with Crippen molar-refractivity contribution in [2.75, 3.05) is 13.1 Å². The second-order valence-electron chi connectivity index (χ2n) is 4.60. The van der Waals surface area contributed by atoms with E-state index in [1.54, 1.807) is 0 Å². The van der Waals surface area contributed by atoms with Crippen molar-refractivity contribution < 1.29 is 13.2 Å². The van der Waals surface area contributed by atoms with E-state index >= 15 is 0 Å². The Morgan fingerprint density at radius 2 is 1.94 bits per heavy atom.